The number of hydrogen-bond donors (Lipinski definition) is 2. The molecule has 1 saturated carbocycles. The Hall–Kier alpha value is -1.95. The molecule has 5 nitrogen and oxygen atoms in total. The molecule has 1 aliphatic rings. The van der Waals surface area contributed by atoms with Crippen molar-refractivity contribution in [1.29, 1.82) is 0 Å². The van der Waals surface area contributed by atoms with Crippen molar-refractivity contribution in [2.45, 2.75) is 44.0 Å². The largest absolute Gasteiger partial charge is 0.444 e. The minimum atomic E-state index is 0.504. The normalized spacial score (nSPS) is 20.7. The molecule has 2 aromatic rings. The molecular formula is C19H26N4OS. The van der Waals surface area contributed by atoms with Crippen LogP contribution in [0.2, 0.25) is 0 Å². The van der Waals surface area contributed by atoms with Gasteiger partial charge in [0.2, 0.25) is 5.89 Å². The Kier molecular flexibility index (Phi) is 6.02. The molecule has 3 rings (SSSR count). The average Bonchev–Trinajstić information content (AvgIpc) is 3.28. The molecule has 6 heteroatoms. The van der Waals surface area contributed by atoms with Crippen molar-refractivity contribution in [1.82, 2.24) is 15.6 Å². The van der Waals surface area contributed by atoms with Gasteiger partial charge in [0.25, 0.3) is 0 Å². The van der Waals surface area contributed by atoms with Gasteiger partial charge in [0, 0.05) is 23.9 Å². The standard InChI is InChI=1S/C19H26N4OS/c1-13-4-6-14(7-5-13)18-22-16(12-24-18)11-21-19(20-2)23-15-8-9-17(10-15)25-3/h4-7,12,15,17H,8-11H2,1-3H3,(H2,20,21,23). The van der Waals surface area contributed by atoms with E-state index in [0.717, 1.165) is 22.5 Å². The summed E-state index contributed by atoms with van der Waals surface area (Å²) >= 11 is 1.96. The summed E-state index contributed by atoms with van der Waals surface area (Å²) in [5, 5.41) is 7.61. The molecule has 1 aromatic heterocycles. The molecule has 1 aliphatic carbocycles. The van der Waals surface area contributed by atoms with E-state index in [9.17, 15) is 0 Å². The molecule has 1 aromatic carbocycles. The van der Waals surface area contributed by atoms with Crippen molar-refractivity contribution < 1.29 is 4.42 Å². The molecule has 0 saturated heterocycles. The first-order valence-electron chi connectivity index (χ1n) is 8.69. The topological polar surface area (TPSA) is 62.5 Å². The lowest BCUT2D eigenvalue weighted by Crippen LogP contribution is -2.42. The molecule has 2 unspecified atom stereocenters. The minimum Gasteiger partial charge on any atom is -0.444 e. The fourth-order valence-corrected chi connectivity index (χ4v) is 3.86. The molecule has 0 amide bonds. The quantitative estimate of drug-likeness (QED) is 0.632. The zero-order chi connectivity index (χ0) is 17.6. The van der Waals surface area contributed by atoms with Crippen molar-refractivity contribution in [3.05, 3.63) is 41.8 Å². The second kappa shape index (κ2) is 8.43. The number of aromatic nitrogens is 1. The molecule has 0 radical (unpaired) electrons. The van der Waals surface area contributed by atoms with Gasteiger partial charge in [-0.3, -0.25) is 4.99 Å². The van der Waals surface area contributed by atoms with Crippen LogP contribution in [0.25, 0.3) is 11.5 Å². The fourth-order valence-electron chi connectivity index (χ4n) is 3.06. The second-order valence-electron chi connectivity index (χ2n) is 6.45. The Morgan fingerprint density at radius 3 is 2.80 bits per heavy atom. The molecule has 25 heavy (non-hydrogen) atoms. The highest BCUT2D eigenvalue weighted by Gasteiger charge is 2.24. The number of thioether (sulfide) groups is 1. The molecule has 2 N–H and O–H groups in total. The predicted molar refractivity (Wildman–Crippen MR) is 105 cm³/mol. The van der Waals surface area contributed by atoms with E-state index in [-0.39, 0.29) is 0 Å². The number of nitrogens with one attached hydrogen (secondary N) is 2. The van der Waals surface area contributed by atoms with Gasteiger partial charge in [0.15, 0.2) is 5.96 Å². The maximum Gasteiger partial charge on any atom is 0.226 e. The third-order valence-electron chi connectivity index (χ3n) is 4.57. The van der Waals surface area contributed by atoms with Crippen LogP contribution >= 0.6 is 11.8 Å². The van der Waals surface area contributed by atoms with E-state index >= 15 is 0 Å². The smallest absolute Gasteiger partial charge is 0.226 e. The van der Waals surface area contributed by atoms with E-state index in [4.69, 9.17) is 4.42 Å². The summed E-state index contributed by atoms with van der Waals surface area (Å²) in [6.07, 6.45) is 7.57. The lowest BCUT2D eigenvalue weighted by molar-refractivity contribution is 0.571. The van der Waals surface area contributed by atoms with Crippen molar-refractivity contribution in [3.63, 3.8) is 0 Å². The van der Waals surface area contributed by atoms with Crippen molar-refractivity contribution in [3.8, 4) is 11.5 Å². The van der Waals surface area contributed by atoms with Crippen LogP contribution in [-0.2, 0) is 6.54 Å². The number of nitrogens with zero attached hydrogens (tertiary/aromatic N) is 2. The summed E-state index contributed by atoms with van der Waals surface area (Å²) in [7, 11) is 1.80. The Morgan fingerprint density at radius 2 is 2.12 bits per heavy atom. The maximum atomic E-state index is 5.60. The summed E-state index contributed by atoms with van der Waals surface area (Å²) in [4.78, 5) is 8.88. The minimum absolute atomic E-state index is 0.504. The van der Waals surface area contributed by atoms with Crippen LogP contribution in [0, 0.1) is 6.92 Å². The number of aryl methyl sites for hydroxylation is 1. The highest BCUT2D eigenvalue weighted by atomic mass is 32.2. The van der Waals surface area contributed by atoms with Gasteiger partial charge in [-0.2, -0.15) is 11.8 Å². The first-order chi connectivity index (χ1) is 12.2. The zero-order valence-electron chi connectivity index (χ0n) is 15.1. The molecular weight excluding hydrogens is 332 g/mol. The monoisotopic (exact) mass is 358 g/mol. The van der Waals surface area contributed by atoms with Gasteiger partial charge >= 0.3 is 0 Å². The molecule has 1 heterocycles. The van der Waals surface area contributed by atoms with Gasteiger partial charge in [-0.25, -0.2) is 4.98 Å². The second-order valence-corrected chi connectivity index (χ2v) is 7.59. The summed E-state index contributed by atoms with van der Waals surface area (Å²) in [6, 6.07) is 8.69. The average molecular weight is 359 g/mol. The Labute approximate surface area is 153 Å². The molecule has 2 atom stereocenters. The van der Waals surface area contributed by atoms with Gasteiger partial charge in [-0.15, -0.1) is 0 Å². The first kappa shape index (κ1) is 17.9. The number of rotatable bonds is 5. The van der Waals surface area contributed by atoms with Crippen LogP contribution in [0.4, 0.5) is 0 Å². The highest BCUT2D eigenvalue weighted by Crippen LogP contribution is 2.28. The summed E-state index contributed by atoms with van der Waals surface area (Å²) in [5.41, 5.74) is 3.09. The van der Waals surface area contributed by atoms with Gasteiger partial charge < -0.3 is 15.1 Å². The lowest BCUT2D eigenvalue weighted by atomic mass is 10.1. The first-order valence-corrected chi connectivity index (χ1v) is 9.98. The summed E-state index contributed by atoms with van der Waals surface area (Å²) in [6.45, 7) is 2.66. The number of oxazole rings is 1. The summed E-state index contributed by atoms with van der Waals surface area (Å²) in [5.74, 6) is 1.48. The third kappa shape index (κ3) is 4.78. The van der Waals surface area contributed by atoms with E-state index in [0.29, 0.717) is 18.5 Å². The van der Waals surface area contributed by atoms with Crippen molar-refractivity contribution >= 4 is 17.7 Å². The van der Waals surface area contributed by atoms with Crippen LogP contribution in [0.1, 0.15) is 30.5 Å². The van der Waals surface area contributed by atoms with Gasteiger partial charge in [-0.05, 0) is 44.6 Å². The number of guanidine groups is 1. The van der Waals surface area contributed by atoms with Crippen LogP contribution in [-0.4, -0.2) is 35.5 Å². The predicted octanol–water partition coefficient (Wildman–Crippen LogP) is 3.60. The lowest BCUT2D eigenvalue weighted by Gasteiger charge is -2.16. The number of aliphatic imine (C=N–C) groups is 1. The van der Waals surface area contributed by atoms with Gasteiger partial charge in [0.05, 0.1) is 12.2 Å². The van der Waals surface area contributed by atoms with Crippen LogP contribution in [0.3, 0.4) is 0 Å². The Balaban J connectivity index is 1.53. The van der Waals surface area contributed by atoms with Crippen LogP contribution in [0.15, 0.2) is 39.9 Å². The van der Waals surface area contributed by atoms with Gasteiger partial charge in [0.1, 0.15) is 6.26 Å². The van der Waals surface area contributed by atoms with Crippen molar-refractivity contribution in [2.75, 3.05) is 13.3 Å². The molecule has 0 bridgehead atoms. The Morgan fingerprint density at radius 1 is 1.32 bits per heavy atom. The highest BCUT2D eigenvalue weighted by molar-refractivity contribution is 7.99. The molecule has 1 fully saturated rings. The molecule has 134 valence electrons. The Bertz CT molecular complexity index is 710. The molecule has 0 spiro atoms. The van der Waals surface area contributed by atoms with E-state index < -0.39 is 0 Å². The third-order valence-corrected chi connectivity index (χ3v) is 5.66. The van der Waals surface area contributed by atoms with E-state index in [1.807, 2.05) is 23.9 Å². The number of hydrogen-bond acceptors (Lipinski definition) is 4. The van der Waals surface area contributed by atoms with E-state index in [1.54, 1.807) is 13.3 Å². The fraction of sp³-hybridized carbons (Fsp3) is 0.474. The van der Waals surface area contributed by atoms with Crippen LogP contribution in [0.5, 0.6) is 0 Å². The van der Waals surface area contributed by atoms with Crippen LogP contribution < -0.4 is 10.6 Å². The van der Waals surface area contributed by atoms with E-state index in [1.165, 1.54) is 24.8 Å². The maximum absolute atomic E-state index is 5.60. The SMILES string of the molecule is CN=C(NCc1coc(-c2ccc(C)cc2)n1)NC1CCC(SC)C1. The van der Waals surface area contributed by atoms with E-state index in [2.05, 4.69) is 45.9 Å². The number of benzene rings is 1. The van der Waals surface area contributed by atoms with Crippen molar-refractivity contribution in [2.24, 2.45) is 4.99 Å². The summed E-state index contributed by atoms with van der Waals surface area (Å²) < 4.78 is 5.60. The molecule has 0 aliphatic heterocycles. The zero-order valence-corrected chi connectivity index (χ0v) is 15.9. The van der Waals surface area contributed by atoms with Gasteiger partial charge in [-0.1, -0.05) is 17.7 Å².